The molecular formula is C29H41B2NO4. The summed E-state index contributed by atoms with van der Waals surface area (Å²) in [5.41, 5.74) is 5.57. The van der Waals surface area contributed by atoms with Gasteiger partial charge in [0.2, 0.25) is 0 Å². The molecular weight excluding hydrogens is 448 g/mol. The van der Waals surface area contributed by atoms with Gasteiger partial charge in [0.25, 0.3) is 0 Å². The molecule has 5 nitrogen and oxygen atoms in total. The van der Waals surface area contributed by atoms with Crippen molar-refractivity contribution >= 4 is 36.8 Å². The molecule has 4 rings (SSSR count). The maximum absolute atomic E-state index is 10.5. The summed E-state index contributed by atoms with van der Waals surface area (Å²) in [7, 11) is 0.909. The smallest absolute Gasteiger partial charge is 0.309 e. The molecule has 2 N–H and O–H groups in total. The van der Waals surface area contributed by atoms with Gasteiger partial charge in [0.1, 0.15) is 0 Å². The maximum atomic E-state index is 10.5. The van der Waals surface area contributed by atoms with Crippen LogP contribution in [0.15, 0.2) is 36.4 Å². The average molecular weight is 489 g/mol. The highest BCUT2D eigenvalue weighted by Crippen LogP contribution is 2.42. The number of aryl methyl sites for hydroxylation is 1. The number of rotatable bonds is 9. The molecule has 0 amide bonds. The summed E-state index contributed by atoms with van der Waals surface area (Å²) in [5, 5.41) is 22.1. The lowest BCUT2D eigenvalue weighted by Crippen LogP contribution is -2.49. The Kier molecular flexibility index (Phi) is 6.79. The first-order valence-electron chi connectivity index (χ1n) is 13.0. The van der Waals surface area contributed by atoms with Crippen LogP contribution >= 0.6 is 0 Å². The van der Waals surface area contributed by atoms with E-state index in [4.69, 9.17) is 9.31 Å². The number of aliphatic hydroxyl groups is 2. The van der Waals surface area contributed by atoms with E-state index in [0.29, 0.717) is 15.0 Å². The minimum atomic E-state index is -0.935. The van der Waals surface area contributed by atoms with E-state index in [1.807, 2.05) is 27.7 Å². The lowest BCUT2D eigenvalue weighted by atomic mass is 9.81. The van der Waals surface area contributed by atoms with E-state index in [-0.39, 0.29) is 0 Å². The van der Waals surface area contributed by atoms with Gasteiger partial charge in [-0.25, -0.2) is 0 Å². The number of aromatic nitrogens is 1. The molecule has 0 unspecified atom stereocenters. The summed E-state index contributed by atoms with van der Waals surface area (Å²) in [6, 6.07) is 13.2. The standard InChI is InChI=1S/C29H41B2NO4/c1-10-32-24-14-12-20(31-36-29(8,9)27(4,5)34)17-22(24)23-16-18-15-19(11-13-21(18)25(23)32)30-35-28(6,7)26(2,3)33/h11-15,17,30-31,33-34H,10,16H2,1-9H3. The molecule has 7 heteroatoms. The second-order valence-corrected chi connectivity index (χ2v) is 12.3. The fourth-order valence-corrected chi connectivity index (χ4v) is 4.56. The number of hydrogen-bond acceptors (Lipinski definition) is 4. The van der Waals surface area contributed by atoms with Crippen LogP contribution in [0, 0.1) is 0 Å². The quantitative estimate of drug-likeness (QED) is 0.355. The van der Waals surface area contributed by atoms with Crippen LogP contribution in [0.3, 0.4) is 0 Å². The molecule has 192 valence electrons. The zero-order valence-corrected chi connectivity index (χ0v) is 23.5. The van der Waals surface area contributed by atoms with E-state index >= 15 is 0 Å². The van der Waals surface area contributed by atoms with Crippen molar-refractivity contribution in [2.45, 2.75) is 97.7 Å². The number of fused-ring (bicyclic) bond motifs is 5. The first-order valence-corrected chi connectivity index (χ1v) is 13.0. The Hall–Kier alpha value is -2.05. The highest BCUT2D eigenvalue weighted by Gasteiger charge is 2.37. The average Bonchev–Trinajstić information content (AvgIpc) is 3.28. The van der Waals surface area contributed by atoms with E-state index in [9.17, 15) is 10.2 Å². The van der Waals surface area contributed by atoms with Crippen LogP contribution in [-0.2, 0) is 22.3 Å². The molecule has 0 aliphatic heterocycles. The van der Waals surface area contributed by atoms with Crippen LogP contribution < -0.4 is 10.9 Å². The molecule has 0 saturated heterocycles. The van der Waals surface area contributed by atoms with Crippen LogP contribution in [0.1, 0.15) is 73.4 Å². The minimum Gasteiger partial charge on any atom is -0.427 e. The van der Waals surface area contributed by atoms with Crippen molar-refractivity contribution in [1.82, 2.24) is 4.57 Å². The summed E-state index contributed by atoms with van der Waals surface area (Å²) in [4.78, 5) is 0. The normalized spacial score (nSPS) is 14.2. The van der Waals surface area contributed by atoms with Crippen molar-refractivity contribution in [2.24, 2.45) is 0 Å². The largest absolute Gasteiger partial charge is 0.427 e. The SMILES string of the molecule is CCn1c2c(c3cc(BOC(C)(C)C(C)(C)O)ccc31)Cc1cc(BOC(C)(C)C(C)(C)O)ccc1-2. The molecule has 0 bridgehead atoms. The highest BCUT2D eigenvalue weighted by atomic mass is 16.5. The summed E-state index contributed by atoms with van der Waals surface area (Å²) >= 11 is 0. The summed E-state index contributed by atoms with van der Waals surface area (Å²) in [6.45, 7) is 17.9. The van der Waals surface area contributed by atoms with Gasteiger partial charge in [-0.2, -0.15) is 0 Å². The van der Waals surface area contributed by atoms with Gasteiger partial charge in [-0.3, -0.25) is 0 Å². The molecule has 0 saturated carbocycles. The fraction of sp³-hybridized carbons (Fsp3) is 0.517. The van der Waals surface area contributed by atoms with Crippen molar-refractivity contribution < 1.29 is 19.5 Å². The van der Waals surface area contributed by atoms with Gasteiger partial charge in [0.05, 0.1) is 28.1 Å². The number of hydrogen-bond donors (Lipinski definition) is 2. The Morgan fingerprint density at radius 2 is 1.33 bits per heavy atom. The van der Waals surface area contributed by atoms with E-state index < -0.39 is 22.4 Å². The third-order valence-electron chi connectivity index (χ3n) is 8.49. The van der Waals surface area contributed by atoms with Crippen molar-refractivity contribution in [3.05, 3.63) is 47.5 Å². The zero-order valence-electron chi connectivity index (χ0n) is 23.5. The lowest BCUT2D eigenvalue weighted by molar-refractivity contribution is -0.0893. The van der Waals surface area contributed by atoms with Gasteiger partial charge >= 0.3 is 15.0 Å². The molecule has 1 aromatic heterocycles. The molecule has 1 heterocycles. The van der Waals surface area contributed by atoms with E-state index in [1.165, 1.54) is 33.3 Å². The van der Waals surface area contributed by atoms with Crippen LogP contribution in [0.2, 0.25) is 0 Å². The van der Waals surface area contributed by atoms with Gasteiger partial charge in [-0.1, -0.05) is 41.3 Å². The van der Waals surface area contributed by atoms with E-state index in [2.05, 4.69) is 47.9 Å². The lowest BCUT2D eigenvalue weighted by Gasteiger charge is -2.37. The molecule has 0 atom stereocenters. The molecule has 3 aromatic rings. The Balaban J connectivity index is 1.62. The maximum Gasteiger partial charge on any atom is 0.309 e. The Morgan fingerprint density at radius 3 is 1.86 bits per heavy atom. The number of nitrogens with zero attached hydrogens (tertiary/aromatic N) is 1. The van der Waals surface area contributed by atoms with Crippen molar-refractivity contribution in [2.75, 3.05) is 0 Å². The third kappa shape index (κ3) is 4.79. The molecule has 0 radical (unpaired) electrons. The molecule has 0 spiro atoms. The minimum absolute atomic E-state index is 0.449. The summed E-state index contributed by atoms with van der Waals surface area (Å²) in [5.74, 6) is 0. The van der Waals surface area contributed by atoms with Gasteiger partial charge in [0.15, 0.2) is 0 Å². The highest BCUT2D eigenvalue weighted by molar-refractivity contribution is 6.48. The molecule has 1 aliphatic carbocycles. The Labute approximate surface area is 217 Å². The van der Waals surface area contributed by atoms with Gasteiger partial charge < -0.3 is 24.1 Å². The first kappa shape index (κ1) is 27.0. The summed E-state index contributed by atoms with van der Waals surface area (Å²) < 4.78 is 14.7. The van der Waals surface area contributed by atoms with Crippen molar-refractivity contribution in [3.8, 4) is 11.3 Å². The Bertz CT molecular complexity index is 1280. The fourth-order valence-electron chi connectivity index (χ4n) is 4.56. The predicted molar refractivity (Wildman–Crippen MR) is 152 cm³/mol. The van der Waals surface area contributed by atoms with Crippen LogP contribution in [0.5, 0.6) is 0 Å². The number of benzene rings is 2. The third-order valence-corrected chi connectivity index (χ3v) is 8.49. The van der Waals surface area contributed by atoms with Gasteiger partial charge in [-0.05, 0) is 79.5 Å². The molecule has 0 fully saturated rings. The molecule has 36 heavy (non-hydrogen) atoms. The van der Waals surface area contributed by atoms with Crippen LogP contribution in [-0.4, -0.2) is 52.1 Å². The topological polar surface area (TPSA) is 63.9 Å². The van der Waals surface area contributed by atoms with Crippen LogP contribution in [0.4, 0.5) is 0 Å². The first-order chi connectivity index (χ1) is 16.6. The van der Waals surface area contributed by atoms with E-state index in [0.717, 1.165) is 23.9 Å². The van der Waals surface area contributed by atoms with Crippen LogP contribution in [0.25, 0.3) is 22.2 Å². The second-order valence-electron chi connectivity index (χ2n) is 12.3. The van der Waals surface area contributed by atoms with Gasteiger partial charge in [0, 0.05) is 29.4 Å². The molecule has 2 aromatic carbocycles. The van der Waals surface area contributed by atoms with Crippen molar-refractivity contribution in [3.63, 3.8) is 0 Å². The van der Waals surface area contributed by atoms with Gasteiger partial charge in [-0.15, -0.1) is 0 Å². The van der Waals surface area contributed by atoms with E-state index in [1.54, 1.807) is 27.7 Å². The monoisotopic (exact) mass is 489 g/mol. The zero-order chi connectivity index (χ0) is 26.7. The summed E-state index contributed by atoms with van der Waals surface area (Å²) in [6.07, 6.45) is 0.885. The Morgan fingerprint density at radius 1 is 0.806 bits per heavy atom. The predicted octanol–water partition coefficient (Wildman–Crippen LogP) is 3.32. The van der Waals surface area contributed by atoms with Crippen molar-refractivity contribution in [1.29, 1.82) is 0 Å². The molecule has 1 aliphatic rings. The second kappa shape index (κ2) is 9.05.